The van der Waals surface area contributed by atoms with Gasteiger partial charge in [0.05, 0.1) is 0 Å². The van der Waals surface area contributed by atoms with Gasteiger partial charge in [0.1, 0.15) is 0 Å². The highest BCUT2D eigenvalue weighted by Gasteiger charge is 2.19. The van der Waals surface area contributed by atoms with E-state index in [-0.39, 0.29) is 0 Å². The fourth-order valence-corrected chi connectivity index (χ4v) is 2.62. The van der Waals surface area contributed by atoms with Crippen LogP contribution in [-0.4, -0.2) is 22.6 Å². The lowest BCUT2D eigenvalue weighted by molar-refractivity contribution is 0.255. The summed E-state index contributed by atoms with van der Waals surface area (Å²) in [5, 5.41) is 4.26. The Morgan fingerprint density at radius 1 is 1.35 bits per heavy atom. The zero-order chi connectivity index (χ0) is 12.1. The third-order valence-corrected chi connectivity index (χ3v) is 3.73. The van der Waals surface area contributed by atoms with Crippen molar-refractivity contribution in [2.75, 3.05) is 6.54 Å². The summed E-state index contributed by atoms with van der Waals surface area (Å²) in [4.78, 5) is 2.32. The predicted molar refractivity (Wildman–Crippen MR) is 75.9 cm³/mol. The van der Waals surface area contributed by atoms with Gasteiger partial charge in [-0.15, -0.1) is 0 Å². The number of piperidine rings is 1. The molecule has 1 saturated heterocycles. The van der Waals surface area contributed by atoms with E-state index in [1.807, 2.05) is 6.07 Å². The van der Waals surface area contributed by atoms with Gasteiger partial charge in [-0.05, 0) is 44.0 Å². The third kappa shape index (κ3) is 3.43. The first kappa shape index (κ1) is 12.4. The van der Waals surface area contributed by atoms with E-state index in [2.05, 4.69) is 41.4 Å². The van der Waals surface area contributed by atoms with Crippen molar-refractivity contribution in [3.8, 4) is 0 Å². The molecular weight excluding hydrogens is 228 g/mol. The Morgan fingerprint density at radius 2 is 2.12 bits per heavy atom. The molecule has 92 valence electrons. The van der Waals surface area contributed by atoms with Crippen molar-refractivity contribution in [1.29, 1.82) is 0 Å². The van der Waals surface area contributed by atoms with Gasteiger partial charge >= 0.3 is 0 Å². The van der Waals surface area contributed by atoms with Crippen LogP contribution in [0.5, 0.6) is 0 Å². The molecule has 1 aromatic rings. The van der Waals surface area contributed by atoms with Crippen LogP contribution in [0.1, 0.15) is 31.7 Å². The van der Waals surface area contributed by atoms with Gasteiger partial charge in [0.2, 0.25) is 0 Å². The first-order chi connectivity index (χ1) is 8.27. The van der Waals surface area contributed by atoms with Gasteiger partial charge in [-0.3, -0.25) is 0 Å². The Bertz CT molecular complexity index is 364. The Labute approximate surface area is 109 Å². The lowest BCUT2D eigenvalue weighted by Crippen LogP contribution is -2.47. The number of nitrogens with zero attached hydrogens (tertiary/aromatic N) is 1. The molecule has 1 N–H and O–H groups in total. The normalized spacial score (nSPS) is 20.1. The molecule has 0 aliphatic carbocycles. The van der Waals surface area contributed by atoms with Crippen LogP contribution in [0.3, 0.4) is 0 Å². The minimum absolute atomic E-state index is 0.583. The monoisotopic (exact) mass is 248 g/mol. The van der Waals surface area contributed by atoms with E-state index in [1.165, 1.54) is 24.8 Å². The van der Waals surface area contributed by atoms with Crippen molar-refractivity contribution in [2.24, 2.45) is 0 Å². The molecule has 1 atom stereocenters. The molecule has 2 rings (SSSR count). The van der Waals surface area contributed by atoms with Gasteiger partial charge in [-0.2, -0.15) is 0 Å². The second-order valence-electron chi connectivity index (χ2n) is 4.68. The first-order valence-corrected chi connectivity index (χ1v) is 6.76. The summed E-state index contributed by atoms with van der Waals surface area (Å²) in [5.74, 6) is 0. The lowest BCUT2D eigenvalue weighted by Gasteiger charge is -2.35. The number of benzene rings is 1. The minimum atomic E-state index is 0.583. The molecule has 0 aromatic heterocycles. The Morgan fingerprint density at radius 3 is 2.82 bits per heavy atom. The molecule has 1 aliphatic heterocycles. The molecule has 17 heavy (non-hydrogen) atoms. The Hall–Kier alpha value is -1.09. The number of hydrogen-bond donors (Lipinski definition) is 1. The topological polar surface area (TPSA) is 15.3 Å². The number of thiocarbonyl (C=S) groups is 1. The molecule has 1 aliphatic rings. The van der Waals surface area contributed by atoms with Crippen molar-refractivity contribution >= 4 is 17.3 Å². The van der Waals surface area contributed by atoms with Gasteiger partial charge in [-0.1, -0.05) is 30.3 Å². The highest BCUT2D eigenvalue weighted by atomic mass is 32.1. The molecule has 1 heterocycles. The third-order valence-electron chi connectivity index (χ3n) is 3.35. The molecule has 0 unspecified atom stereocenters. The van der Waals surface area contributed by atoms with Crippen molar-refractivity contribution in [1.82, 2.24) is 10.2 Å². The Balaban J connectivity index is 1.84. The quantitative estimate of drug-likeness (QED) is 0.810. The van der Waals surface area contributed by atoms with Crippen LogP contribution >= 0.6 is 12.2 Å². The zero-order valence-corrected chi connectivity index (χ0v) is 11.2. The van der Waals surface area contributed by atoms with E-state index in [9.17, 15) is 0 Å². The number of hydrogen-bond acceptors (Lipinski definition) is 1. The zero-order valence-electron chi connectivity index (χ0n) is 10.4. The van der Waals surface area contributed by atoms with Crippen LogP contribution in [0.2, 0.25) is 0 Å². The SMILES string of the molecule is C[C@@H]1CCCCN1C(=S)NCc1ccccc1. The van der Waals surface area contributed by atoms with Crippen molar-refractivity contribution < 1.29 is 0 Å². The van der Waals surface area contributed by atoms with E-state index >= 15 is 0 Å². The highest BCUT2D eigenvalue weighted by Crippen LogP contribution is 2.16. The van der Waals surface area contributed by atoms with Gasteiger partial charge in [-0.25, -0.2) is 0 Å². The molecule has 1 fully saturated rings. The van der Waals surface area contributed by atoms with Crippen LogP contribution in [0.25, 0.3) is 0 Å². The minimum Gasteiger partial charge on any atom is -0.358 e. The van der Waals surface area contributed by atoms with E-state index < -0.39 is 0 Å². The Kier molecular flexibility index (Phi) is 4.37. The van der Waals surface area contributed by atoms with Crippen molar-refractivity contribution in [3.05, 3.63) is 35.9 Å². The maximum atomic E-state index is 5.46. The van der Waals surface area contributed by atoms with Crippen LogP contribution in [-0.2, 0) is 6.54 Å². The largest absolute Gasteiger partial charge is 0.358 e. The highest BCUT2D eigenvalue weighted by molar-refractivity contribution is 7.80. The predicted octanol–water partition coefficient (Wildman–Crippen LogP) is 2.94. The second kappa shape index (κ2) is 6.01. The summed E-state index contributed by atoms with van der Waals surface area (Å²) in [7, 11) is 0. The van der Waals surface area contributed by atoms with Gasteiger partial charge in [0.15, 0.2) is 5.11 Å². The number of likely N-dealkylation sites (tertiary alicyclic amines) is 1. The van der Waals surface area contributed by atoms with Crippen molar-refractivity contribution in [2.45, 2.75) is 38.8 Å². The average molecular weight is 248 g/mol. The van der Waals surface area contributed by atoms with E-state index in [0.717, 1.165) is 18.2 Å². The van der Waals surface area contributed by atoms with Gasteiger partial charge in [0.25, 0.3) is 0 Å². The fourth-order valence-electron chi connectivity index (χ4n) is 2.27. The molecular formula is C14H20N2S. The summed E-state index contributed by atoms with van der Waals surface area (Å²) in [6.45, 7) is 4.18. The standard InChI is InChI=1S/C14H20N2S/c1-12-7-5-6-10-16(12)14(17)15-11-13-8-3-2-4-9-13/h2-4,8-9,12H,5-7,10-11H2,1H3,(H,15,17)/t12-/m1/s1. The molecule has 0 spiro atoms. The summed E-state index contributed by atoms with van der Waals surface area (Å²) in [6.07, 6.45) is 3.85. The van der Waals surface area contributed by atoms with E-state index in [0.29, 0.717) is 6.04 Å². The van der Waals surface area contributed by atoms with Crippen LogP contribution in [0.15, 0.2) is 30.3 Å². The first-order valence-electron chi connectivity index (χ1n) is 6.36. The maximum absolute atomic E-state index is 5.46. The lowest BCUT2D eigenvalue weighted by atomic mass is 10.0. The molecule has 0 radical (unpaired) electrons. The molecule has 0 bridgehead atoms. The summed E-state index contributed by atoms with van der Waals surface area (Å²) < 4.78 is 0. The summed E-state index contributed by atoms with van der Waals surface area (Å²) in [5.41, 5.74) is 1.28. The fraction of sp³-hybridized carbons (Fsp3) is 0.500. The summed E-state index contributed by atoms with van der Waals surface area (Å²) in [6, 6.07) is 11.0. The maximum Gasteiger partial charge on any atom is 0.169 e. The summed E-state index contributed by atoms with van der Waals surface area (Å²) >= 11 is 5.46. The van der Waals surface area contributed by atoms with Crippen LogP contribution in [0.4, 0.5) is 0 Å². The molecule has 0 saturated carbocycles. The number of nitrogens with one attached hydrogen (secondary N) is 1. The van der Waals surface area contributed by atoms with Crippen molar-refractivity contribution in [3.63, 3.8) is 0 Å². The van der Waals surface area contributed by atoms with Crippen LogP contribution in [0, 0.1) is 0 Å². The molecule has 1 aromatic carbocycles. The van der Waals surface area contributed by atoms with Crippen LogP contribution < -0.4 is 5.32 Å². The van der Waals surface area contributed by atoms with Gasteiger partial charge < -0.3 is 10.2 Å². The van der Waals surface area contributed by atoms with E-state index in [1.54, 1.807) is 0 Å². The molecule has 0 amide bonds. The number of rotatable bonds is 2. The van der Waals surface area contributed by atoms with Gasteiger partial charge in [0, 0.05) is 19.1 Å². The van der Waals surface area contributed by atoms with E-state index in [4.69, 9.17) is 12.2 Å². The molecule has 3 heteroatoms. The molecule has 2 nitrogen and oxygen atoms in total. The average Bonchev–Trinajstić information content (AvgIpc) is 2.38. The smallest absolute Gasteiger partial charge is 0.169 e. The second-order valence-corrected chi connectivity index (χ2v) is 5.07.